The van der Waals surface area contributed by atoms with Gasteiger partial charge in [0.25, 0.3) is 0 Å². The van der Waals surface area contributed by atoms with E-state index in [1.54, 1.807) is 9.20 Å². The van der Waals surface area contributed by atoms with Gasteiger partial charge in [-0.15, -0.1) is 20.4 Å². The van der Waals surface area contributed by atoms with Crippen molar-refractivity contribution >= 4 is 5.65 Å². The van der Waals surface area contributed by atoms with Crippen LogP contribution in [0.3, 0.4) is 0 Å². The van der Waals surface area contributed by atoms with Crippen LogP contribution in [0.25, 0.3) is 28.2 Å². The van der Waals surface area contributed by atoms with Gasteiger partial charge < -0.3 is 4.74 Å². The molecule has 8 nitrogen and oxygen atoms in total. The first-order valence-electron chi connectivity index (χ1n) is 9.13. The van der Waals surface area contributed by atoms with Crippen LogP contribution in [0, 0.1) is 0 Å². The second kappa shape index (κ2) is 7.16. The standard InChI is InChI=1S/C21H17N7O/c1-27-13-17(22-26-27)14-29-21-18(15-8-4-2-5-9-15)12-19-23-24-20(28(19)25-21)16-10-6-3-7-11-16/h2-13H,14H2,1H3. The van der Waals surface area contributed by atoms with Crippen molar-refractivity contribution in [1.29, 1.82) is 0 Å². The second-order valence-electron chi connectivity index (χ2n) is 6.56. The molecule has 0 unspecified atom stereocenters. The Hall–Kier alpha value is -4.07. The Bertz CT molecular complexity index is 1260. The predicted molar refractivity (Wildman–Crippen MR) is 107 cm³/mol. The van der Waals surface area contributed by atoms with E-state index in [-0.39, 0.29) is 6.61 Å². The van der Waals surface area contributed by atoms with E-state index in [4.69, 9.17) is 9.84 Å². The van der Waals surface area contributed by atoms with Crippen molar-refractivity contribution < 1.29 is 4.74 Å². The van der Waals surface area contributed by atoms with Gasteiger partial charge in [-0.25, -0.2) is 0 Å². The van der Waals surface area contributed by atoms with Gasteiger partial charge in [0.05, 0.1) is 6.20 Å². The summed E-state index contributed by atoms with van der Waals surface area (Å²) in [4.78, 5) is 0. The molecule has 5 rings (SSSR count). The van der Waals surface area contributed by atoms with Gasteiger partial charge in [-0.05, 0) is 11.6 Å². The third-order valence-electron chi connectivity index (χ3n) is 4.48. The van der Waals surface area contributed by atoms with Crippen LogP contribution in [-0.4, -0.2) is 34.8 Å². The van der Waals surface area contributed by atoms with Crippen molar-refractivity contribution in [1.82, 2.24) is 34.8 Å². The van der Waals surface area contributed by atoms with Crippen molar-refractivity contribution in [2.75, 3.05) is 0 Å². The van der Waals surface area contributed by atoms with Crippen LogP contribution < -0.4 is 4.74 Å². The molecule has 0 amide bonds. The molecule has 0 atom stereocenters. The van der Waals surface area contributed by atoms with E-state index in [1.807, 2.05) is 80.0 Å². The maximum Gasteiger partial charge on any atom is 0.240 e. The number of nitrogens with zero attached hydrogens (tertiary/aromatic N) is 7. The molecule has 0 saturated heterocycles. The second-order valence-corrected chi connectivity index (χ2v) is 6.56. The Morgan fingerprint density at radius 3 is 2.28 bits per heavy atom. The number of ether oxygens (including phenoxy) is 1. The Labute approximate surface area is 166 Å². The van der Waals surface area contributed by atoms with Crippen molar-refractivity contribution in [3.63, 3.8) is 0 Å². The van der Waals surface area contributed by atoms with Crippen LogP contribution in [0.1, 0.15) is 5.69 Å². The Balaban J connectivity index is 1.62. The monoisotopic (exact) mass is 383 g/mol. The average molecular weight is 383 g/mol. The van der Waals surface area contributed by atoms with Gasteiger partial charge in [-0.3, -0.25) is 4.68 Å². The van der Waals surface area contributed by atoms with Crippen LogP contribution in [0.2, 0.25) is 0 Å². The highest BCUT2D eigenvalue weighted by Gasteiger charge is 2.16. The van der Waals surface area contributed by atoms with Crippen molar-refractivity contribution in [3.05, 3.63) is 78.6 Å². The normalized spacial score (nSPS) is 11.1. The summed E-state index contributed by atoms with van der Waals surface area (Å²) in [5, 5.41) is 21.4. The van der Waals surface area contributed by atoms with E-state index in [0.717, 1.165) is 22.4 Å². The molecule has 3 heterocycles. The van der Waals surface area contributed by atoms with Gasteiger partial charge >= 0.3 is 0 Å². The molecule has 0 saturated carbocycles. The predicted octanol–water partition coefficient (Wildman–Crippen LogP) is 3.17. The summed E-state index contributed by atoms with van der Waals surface area (Å²) in [6.45, 7) is 0.259. The smallest absolute Gasteiger partial charge is 0.240 e. The molecule has 142 valence electrons. The number of benzene rings is 2. The maximum absolute atomic E-state index is 6.06. The number of hydrogen-bond donors (Lipinski definition) is 0. The summed E-state index contributed by atoms with van der Waals surface area (Å²) in [5.74, 6) is 1.14. The summed E-state index contributed by atoms with van der Waals surface area (Å²) in [6.07, 6.45) is 1.81. The van der Waals surface area contributed by atoms with Gasteiger partial charge in [0.1, 0.15) is 12.3 Å². The zero-order chi connectivity index (χ0) is 19.6. The van der Waals surface area contributed by atoms with E-state index in [1.165, 1.54) is 0 Å². The minimum Gasteiger partial charge on any atom is -0.470 e. The minimum atomic E-state index is 0.259. The van der Waals surface area contributed by atoms with Crippen molar-refractivity contribution in [2.24, 2.45) is 7.05 Å². The first-order valence-corrected chi connectivity index (χ1v) is 9.13. The van der Waals surface area contributed by atoms with Gasteiger partial charge in [0, 0.05) is 18.2 Å². The largest absolute Gasteiger partial charge is 0.470 e. The van der Waals surface area contributed by atoms with E-state index in [9.17, 15) is 0 Å². The van der Waals surface area contributed by atoms with Crippen molar-refractivity contribution in [3.8, 4) is 28.4 Å². The van der Waals surface area contributed by atoms with E-state index >= 15 is 0 Å². The maximum atomic E-state index is 6.06. The highest BCUT2D eigenvalue weighted by atomic mass is 16.5. The molecule has 0 aliphatic heterocycles. The molecule has 0 aliphatic carbocycles. The molecule has 0 spiro atoms. The molecule has 3 aromatic heterocycles. The Morgan fingerprint density at radius 2 is 1.59 bits per heavy atom. The van der Waals surface area contributed by atoms with Gasteiger partial charge in [0.15, 0.2) is 11.5 Å². The number of aryl methyl sites for hydroxylation is 1. The summed E-state index contributed by atoms with van der Waals surface area (Å²) < 4.78 is 9.40. The Morgan fingerprint density at radius 1 is 0.862 bits per heavy atom. The minimum absolute atomic E-state index is 0.259. The first kappa shape index (κ1) is 17.1. The van der Waals surface area contributed by atoms with E-state index < -0.39 is 0 Å². The van der Waals surface area contributed by atoms with Crippen LogP contribution in [-0.2, 0) is 13.7 Å². The molecule has 0 aliphatic rings. The number of hydrogen-bond acceptors (Lipinski definition) is 6. The molecule has 5 aromatic rings. The number of aromatic nitrogens is 7. The van der Waals surface area contributed by atoms with Crippen molar-refractivity contribution in [2.45, 2.75) is 6.61 Å². The molecule has 0 fully saturated rings. The fourth-order valence-electron chi connectivity index (χ4n) is 3.12. The SMILES string of the molecule is Cn1cc(COc2nn3c(-c4ccccc4)nnc3cc2-c2ccccc2)nn1. The third kappa shape index (κ3) is 3.31. The molecule has 0 bridgehead atoms. The molecule has 0 radical (unpaired) electrons. The molecule has 0 N–H and O–H groups in total. The lowest BCUT2D eigenvalue weighted by Gasteiger charge is -2.11. The van der Waals surface area contributed by atoms with Gasteiger partial charge in [0.2, 0.25) is 5.88 Å². The van der Waals surface area contributed by atoms with Crippen LogP contribution in [0.15, 0.2) is 72.9 Å². The van der Waals surface area contributed by atoms with Gasteiger partial charge in [-0.2, -0.15) is 4.52 Å². The zero-order valence-corrected chi connectivity index (χ0v) is 15.7. The zero-order valence-electron chi connectivity index (χ0n) is 15.7. The fraction of sp³-hybridized carbons (Fsp3) is 0.0952. The summed E-state index contributed by atoms with van der Waals surface area (Å²) in [7, 11) is 1.82. The lowest BCUT2D eigenvalue weighted by atomic mass is 10.1. The molecule has 8 heteroatoms. The summed E-state index contributed by atoms with van der Waals surface area (Å²) in [5.41, 5.74) is 4.13. The highest BCUT2D eigenvalue weighted by molar-refractivity contribution is 5.72. The fourth-order valence-corrected chi connectivity index (χ4v) is 3.12. The van der Waals surface area contributed by atoms with Gasteiger partial charge in [-0.1, -0.05) is 65.9 Å². The summed E-state index contributed by atoms with van der Waals surface area (Å²) in [6, 6.07) is 21.7. The third-order valence-corrected chi connectivity index (χ3v) is 4.48. The lowest BCUT2D eigenvalue weighted by Crippen LogP contribution is -2.04. The Kier molecular flexibility index (Phi) is 4.21. The molecular formula is C21H17N7O. The topological polar surface area (TPSA) is 83.0 Å². The van der Waals surface area contributed by atoms with E-state index in [0.29, 0.717) is 17.4 Å². The molecular weight excluding hydrogens is 366 g/mol. The lowest BCUT2D eigenvalue weighted by molar-refractivity contribution is 0.286. The van der Waals surface area contributed by atoms with Crippen LogP contribution in [0.4, 0.5) is 0 Å². The highest BCUT2D eigenvalue weighted by Crippen LogP contribution is 2.30. The molecule has 2 aromatic carbocycles. The number of fused-ring (bicyclic) bond motifs is 1. The van der Waals surface area contributed by atoms with E-state index in [2.05, 4.69) is 20.5 Å². The van der Waals surface area contributed by atoms with Crippen LogP contribution in [0.5, 0.6) is 5.88 Å². The first-order chi connectivity index (χ1) is 14.3. The quantitative estimate of drug-likeness (QED) is 0.464. The number of rotatable bonds is 5. The molecule has 29 heavy (non-hydrogen) atoms. The summed E-state index contributed by atoms with van der Waals surface area (Å²) >= 11 is 0. The average Bonchev–Trinajstić information content (AvgIpc) is 3.38. The van der Waals surface area contributed by atoms with Crippen LogP contribution >= 0.6 is 0 Å².